The molecule has 128 valence electrons. The molecular weight excluding hydrogens is 328 g/mol. The van der Waals surface area contributed by atoms with Crippen molar-refractivity contribution in [2.45, 2.75) is 13.5 Å². The second-order valence-corrected chi connectivity index (χ2v) is 5.43. The van der Waals surface area contributed by atoms with E-state index >= 15 is 0 Å². The van der Waals surface area contributed by atoms with Crippen LogP contribution in [0.25, 0.3) is 10.8 Å². The van der Waals surface area contributed by atoms with Gasteiger partial charge < -0.3 is 10.5 Å². The molecule has 0 bridgehead atoms. The van der Waals surface area contributed by atoms with Crippen LogP contribution in [0.1, 0.15) is 11.1 Å². The van der Waals surface area contributed by atoms with E-state index in [1.807, 2.05) is 12.1 Å². The third-order valence-corrected chi connectivity index (χ3v) is 3.63. The number of ether oxygens (including phenoxy) is 1. The molecule has 0 atom stereocenters. The number of benzene rings is 2. The molecule has 25 heavy (non-hydrogen) atoms. The zero-order chi connectivity index (χ0) is 18.0. The van der Waals surface area contributed by atoms with Gasteiger partial charge in [-0.3, -0.25) is 4.79 Å². The first-order chi connectivity index (χ1) is 12.0. The molecule has 0 saturated heterocycles. The summed E-state index contributed by atoms with van der Waals surface area (Å²) in [5, 5.41) is 5.56. The van der Waals surface area contributed by atoms with E-state index in [9.17, 15) is 13.6 Å². The lowest BCUT2D eigenvalue weighted by molar-refractivity contribution is -0.0498. The van der Waals surface area contributed by atoms with E-state index in [4.69, 9.17) is 5.73 Å². The SMILES string of the molecule is Cc1cc(N)n(/N=C\c2c(OC(F)F)ccc3ccccc23)c(=O)c1. The Labute approximate surface area is 142 Å². The lowest BCUT2D eigenvalue weighted by atomic mass is 10.0. The number of nitrogen functional groups attached to an aromatic ring is 1. The number of halogens is 2. The van der Waals surface area contributed by atoms with Gasteiger partial charge in [0.2, 0.25) is 0 Å². The highest BCUT2D eigenvalue weighted by atomic mass is 19.3. The normalized spacial score (nSPS) is 11.5. The number of hydrogen-bond acceptors (Lipinski definition) is 4. The van der Waals surface area contributed by atoms with Gasteiger partial charge >= 0.3 is 6.61 Å². The fourth-order valence-corrected chi connectivity index (χ4v) is 2.57. The quantitative estimate of drug-likeness (QED) is 0.739. The van der Waals surface area contributed by atoms with E-state index in [1.54, 1.807) is 31.2 Å². The molecule has 1 aromatic heterocycles. The van der Waals surface area contributed by atoms with Crippen molar-refractivity contribution < 1.29 is 13.5 Å². The molecule has 3 rings (SSSR count). The Hall–Kier alpha value is -3.22. The van der Waals surface area contributed by atoms with Crippen molar-refractivity contribution in [3.8, 4) is 5.75 Å². The number of aromatic nitrogens is 1. The highest BCUT2D eigenvalue weighted by molar-refractivity contribution is 6.02. The summed E-state index contributed by atoms with van der Waals surface area (Å²) in [7, 11) is 0. The summed E-state index contributed by atoms with van der Waals surface area (Å²) in [6, 6.07) is 13.3. The van der Waals surface area contributed by atoms with Crippen molar-refractivity contribution in [1.82, 2.24) is 4.68 Å². The highest BCUT2D eigenvalue weighted by Gasteiger charge is 2.12. The minimum Gasteiger partial charge on any atom is -0.434 e. The molecule has 0 unspecified atom stereocenters. The monoisotopic (exact) mass is 343 g/mol. The average molecular weight is 343 g/mol. The summed E-state index contributed by atoms with van der Waals surface area (Å²) in [5.74, 6) is 0.119. The van der Waals surface area contributed by atoms with Gasteiger partial charge in [-0.15, -0.1) is 0 Å². The Morgan fingerprint density at radius 2 is 1.96 bits per heavy atom. The van der Waals surface area contributed by atoms with Crippen molar-refractivity contribution in [2.75, 3.05) is 5.73 Å². The summed E-state index contributed by atoms with van der Waals surface area (Å²) in [6.07, 6.45) is 1.30. The maximum absolute atomic E-state index is 12.7. The largest absolute Gasteiger partial charge is 0.434 e. The molecule has 0 spiro atoms. The predicted octanol–water partition coefficient (Wildman–Crippen LogP) is 3.38. The van der Waals surface area contributed by atoms with Crippen molar-refractivity contribution in [1.29, 1.82) is 0 Å². The number of hydrogen-bond donors (Lipinski definition) is 1. The molecule has 3 aromatic rings. The van der Waals surface area contributed by atoms with Crippen molar-refractivity contribution in [3.05, 3.63) is 70.0 Å². The van der Waals surface area contributed by atoms with E-state index < -0.39 is 12.2 Å². The van der Waals surface area contributed by atoms with Gasteiger partial charge in [0.1, 0.15) is 11.6 Å². The topological polar surface area (TPSA) is 69.6 Å². The summed E-state index contributed by atoms with van der Waals surface area (Å²) >= 11 is 0. The van der Waals surface area contributed by atoms with Gasteiger partial charge in [-0.2, -0.15) is 18.6 Å². The molecule has 2 aromatic carbocycles. The zero-order valence-electron chi connectivity index (χ0n) is 13.3. The Kier molecular flexibility index (Phi) is 4.47. The molecule has 0 radical (unpaired) electrons. The number of nitrogens with two attached hydrogens (primary N) is 1. The van der Waals surface area contributed by atoms with Crippen molar-refractivity contribution >= 4 is 22.8 Å². The maximum atomic E-state index is 12.7. The van der Waals surface area contributed by atoms with Crippen molar-refractivity contribution in [3.63, 3.8) is 0 Å². The fourth-order valence-electron chi connectivity index (χ4n) is 2.57. The van der Waals surface area contributed by atoms with E-state index in [0.717, 1.165) is 10.1 Å². The Morgan fingerprint density at radius 3 is 2.68 bits per heavy atom. The van der Waals surface area contributed by atoms with Crippen LogP contribution in [0.5, 0.6) is 5.75 Å². The van der Waals surface area contributed by atoms with Crippen LogP contribution in [0.2, 0.25) is 0 Å². The first-order valence-corrected chi connectivity index (χ1v) is 7.46. The molecule has 5 nitrogen and oxygen atoms in total. The lowest BCUT2D eigenvalue weighted by Gasteiger charge is -2.11. The van der Waals surface area contributed by atoms with E-state index in [0.29, 0.717) is 16.5 Å². The van der Waals surface area contributed by atoms with Crippen LogP contribution in [-0.4, -0.2) is 17.5 Å². The molecule has 2 N–H and O–H groups in total. The number of aryl methyl sites for hydroxylation is 1. The van der Waals surface area contributed by atoms with Gasteiger partial charge in [0.05, 0.1) is 6.21 Å². The third kappa shape index (κ3) is 3.50. The van der Waals surface area contributed by atoms with Crippen LogP contribution >= 0.6 is 0 Å². The van der Waals surface area contributed by atoms with Gasteiger partial charge in [-0.25, -0.2) is 0 Å². The van der Waals surface area contributed by atoms with E-state index in [-0.39, 0.29) is 11.6 Å². The molecular formula is C18H15F2N3O2. The van der Waals surface area contributed by atoms with Gasteiger partial charge in [-0.05, 0) is 35.4 Å². The second-order valence-electron chi connectivity index (χ2n) is 5.43. The van der Waals surface area contributed by atoms with E-state index in [2.05, 4.69) is 9.84 Å². The third-order valence-electron chi connectivity index (χ3n) is 3.63. The maximum Gasteiger partial charge on any atom is 0.387 e. The predicted molar refractivity (Wildman–Crippen MR) is 93.4 cm³/mol. The molecule has 0 aliphatic heterocycles. The van der Waals surface area contributed by atoms with E-state index in [1.165, 1.54) is 18.3 Å². The molecule has 0 aliphatic carbocycles. The average Bonchev–Trinajstić information content (AvgIpc) is 2.54. The molecule has 0 saturated carbocycles. The minimum atomic E-state index is -2.97. The van der Waals surface area contributed by atoms with Crippen molar-refractivity contribution in [2.24, 2.45) is 5.10 Å². The molecule has 7 heteroatoms. The Balaban J connectivity index is 2.15. The molecule has 1 heterocycles. The first-order valence-electron chi connectivity index (χ1n) is 7.46. The van der Waals surface area contributed by atoms with Gasteiger partial charge in [0, 0.05) is 11.6 Å². The number of anilines is 1. The zero-order valence-corrected chi connectivity index (χ0v) is 13.3. The van der Waals surface area contributed by atoms with Crippen LogP contribution in [0.4, 0.5) is 14.6 Å². The Bertz CT molecular complexity index is 1010. The summed E-state index contributed by atoms with van der Waals surface area (Å²) < 4.78 is 31.0. The number of pyridine rings is 1. The fraction of sp³-hybridized carbons (Fsp3) is 0.111. The van der Waals surface area contributed by atoms with Gasteiger partial charge in [-0.1, -0.05) is 30.3 Å². The number of rotatable bonds is 4. The van der Waals surface area contributed by atoms with Gasteiger partial charge in [0.25, 0.3) is 5.56 Å². The number of nitrogens with zero attached hydrogens (tertiary/aromatic N) is 2. The standard InChI is InChI=1S/C18H15F2N3O2/c1-11-8-16(21)23(17(24)9-11)22-10-14-13-5-3-2-4-12(13)6-7-15(14)25-18(19)20/h2-10,18H,21H2,1H3/b22-10-. The molecule has 0 amide bonds. The first kappa shape index (κ1) is 16.6. The van der Waals surface area contributed by atoms with Gasteiger partial charge in [0.15, 0.2) is 0 Å². The highest BCUT2D eigenvalue weighted by Crippen LogP contribution is 2.28. The van der Waals surface area contributed by atoms with Crippen LogP contribution in [0.15, 0.2) is 58.4 Å². The van der Waals surface area contributed by atoms with Crippen LogP contribution in [0, 0.1) is 6.92 Å². The van der Waals surface area contributed by atoms with Crippen LogP contribution in [-0.2, 0) is 0 Å². The summed E-state index contributed by atoms with van der Waals surface area (Å²) in [6.45, 7) is -1.23. The van der Waals surface area contributed by atoms with Crippen LogP contribution in [0.3, 0.4) is 0 Å². The molecule has 0 fully saturated rings. The second kappa shape index (κ2) is 6.72. The summed E-state index contributed by atoms with van der Waals surface area (Å²) in [5.41, 5.74) is 6.45. The molecule has 0 aliphatic rings. The lowest BCUT2D eigenvalue weighted by Crippen LogP contribution is -2.19. The minimum absolute atomic E-state index is 0.0313. The number of fused-ring (bicyclic) bond motifs is 1. The van der Waals surface area contributed by atoms with Crippen LogP contribution < -0.4 is 16.0 Å². The Morgan fingerprint density at radius 1 is 1.20 bits per heavy atom. The summed E-state index contributed by atoms with van der Waals surface area (Å²) in [4.78, 5) is 12.0. The smallest absolute Gasteiger partial charge is 0.387 e. The number of alkyl halides is 2.